The van der Waals surface area contributed by atoms with Crippen LogP contribution in [0, 0.1) is 11.8 Å². The Bertz CT molecular complexity index is 1050. The SMILES string of the molecule is O=C1[C@H]2C3c4cccc(Cl)c4C(O)(c4c(Cl)cccc43)[C@H]2C(=O)N1C1CCCCC1. The number of imide groups is 1. The molecule has 1 N–H and O–H groups in total. The number of hydrogen-bond acceptors (Lipinski definition) is 3. The van der Waals surface area contributed by atoms with Crippen LogP contribution in [0.25, 0.3) is 0 Å². The van der Waals surface area contributed by atoms with Crippen molar-refractivity contribution in [2.75, 3.05) is 0 Å². The Kier molecular flexibility index (Phi) is 3.97. The van der Waals surface area contributed by atoms with Crippen LogP contribution in [0.1, 0.15) is 60.3 Å². The Morgan fingerprint density at radius 3 is 2.00 bits per heavy atom. The Labute approximate surface area is 184 Å². The Hall–Kier alpha value is -1.88. The smallest absolute Gasteiger partial charge is 0.237 e. The second-order valence-electron chi connectivity index (χ2n) is 8.99. The summed E-state index contributed by atoms with van der Waals surface area (Å²) in [6.45, 7) is 0. The molecule has 1 saturated heterocycles. The standard InChI is InChI=1S/C24H21Cl2NO3/c25-15-10-4-8-13-17-14-9-5-11-16(26)20(14)24(30,19(13)15)21-18(17)22(28)27(23(21)29)12-6-2-1-3-7-12/h4-5,8-12,17-18,21,30H,1-3,6-7H2/t17?,18-,21+,24?/m0/s1. The van der Waals surface area contributed by atoms with Crippen molar-refractivity contribution in [2.45, 2.75) is 49.7 Å². The number of likely N-dealkylation sites (tertiary alicyclic amines) is 1. The Morgan fingerprint density at radius 1 is 0.867 bits per heavy atom. The van der Waals surface area contributed by atoms with E-state index in [2.05, 4.69) is 0 Å². The fourth-order valence-corrected chi connectivity index (χ4v) is 7.23. The molecule has 1 heterocycles. The first-order valence-electron chi connectivity index (χ1n) is 10.6. The number of benzene rings is 2. The number of hydrogen-bond donors (Lipinski definition) is 1. The number of aliphatic hydroxyl groups is 1. The maximum atomic E-state index is 13.7. The van der Waals surface area contributed by atoms with Gasteiger partial charge in [0.05, 0.1) is 11.8 Å². The maximum absolute atomic E-state index is 13.7. The lowest BCUT2D eigenvalue weighted by Gasteiger charge is -2.51. The van der Waals surface area contributed by atoms with E-state index in [1.54, 1.807) is 12.1 Å². The molecule has 2 fully saturated rings. The molecule has 5 aliphatic rings. The summed E-state index contributed by atoms with van der Waals surface area (Å²) in [5.41, 5.74) is 1.01. The Morgan fingerprint density at radius 2 is 1.43 bits per heavy atom. The summed E-state index contributed by atoms with van der Waals surface area (Å²) >= 11 is 13.2. The van der Waals surface area contributed by atoms with Crippen LogP contribution in [0.5, 0.6) is 0 Å². The molecule has 0 unspecified atom stereocenters. The highest BCUT2D eigenvalue weighted by molar-refractivity contribution is 6.33. The van der Waals surface area contributed by atoms with Crippen molar-refractivity contribution in [3.8, 4) is 0 Å². The van der Waals surface area contributed by atoms with Gasteiger partial charge in [0.2, 0.25) is 11.8 Å². The van der Waals surface area contributed by atoms with Crippen LogP contribution < -0.4 is 0 Å². The molecule has 6 heteroatoms. The zero-order valence-corrected chi connectivity index (χ0v) is 17.8. The van der Waals surface area contributed by atoms with Gasteiger partial charge in [0.25, 0.3) is 0 Å². The van der Waals surface area contributed by atoms with E-state index >= 15 is 0 Å². The molecule has 1 saturated carbocycles. The zero-order chi connectivity index (χ0) is 20.8. The second kappa shape index (κ2) is 6.32. The molecule has 2 amide bonds. The number of rotatable bonds is 1. The highest BCUT2D eigenvalue weighted by Crippen LogP contribution is 2.65. The normalized spacial score (nSPS) is 32.2. The van der Waals surface area contributed by atoms with Gasteiger partial charge in [-0.15, -0.1) is 0 Å². The van der Waals surface area contributed by atoms with Crippen LogP contribution in [0.3, 0.4) is 0 Å². The number of carbonyl (C=O) groups excluding carboxylic acids is 2. The highest BCUT2D eigenvalue weighted by atomic mass is 35.5. The fraction of sp³-hybridized carbons (Fsp3) is 0.417. The van der Waals surface area contributed by atoms with Gasteiger partial charge in [-0.25, -0.2) is 0 Å². The first-order valence-corrected chi connectivity index (χ1v) is 11.4. The molecular formula is C24H21Cl2NO3. The average molecular weight is 442 g/mol. The van der Waals surface area contributed by atoms with E-state index in [4.69, 9.17) is 23.2 Å². The van der Waals surface area contributed by atoms with Crippen LogP contribution in [0.15, 0.2) is 36.4 Å². The first-order chi connectivity index (χ1) is 14.5. The lowest BCUT2D eigenvalue weighted by atomic mass is 9.52. The first kappa shape index (κ1) is 18.9. The quantitative estimate of drug-likeness (QED) is 0.656. The zero-order valence-electron chi connectivity index (χ0n) is 16.3. The number of carbonyl (C=O) groups is 2. The van der Waals surface area contributed by atoms with Gasteiger partial charge in [0.1, 0.15) is 5.60 Å². The molecule has 2 bridgehead atoms. The van der Waals surface area contributed by atoms with E-state index in [0.29, 0.717) is 21.2 Å². The number of amides is 2. The molecule has 154 valence electrons. The van der Waals surface area contributed by atoms with Crippen LogP contribution >= 0.6 is 23.2 Å². The van der Waals surface area contributed by atoms with Crippen molar-refractivity contribution in [3.63, 3.8) is 0 Å². The maximum Gasteiger partial charge on any atom is 0.237 e. The van der Waals surface area contributed by atoms with Crippen LogP contribution in [0.4, 0.5) is 0 Å². The van der Waals surface area contributed by atoms with Crippen LogP contribution in [0.2, 0.25) is 10.0 Å². The molecule has 0 spiro atoms. The minimum Gasteiger partial charge on any atom is -0.379 e. The third kappa shape index (κ3) is 2.12. The van der Waals surface area contributed by atoms with E-state index in [0.717, 1.165) is 43.2 Å². The molecule has 2 atom stereocenters. The highest BCUT2D eigenvalue weighted by Gasteiger charge is 2.69. The molecular weight excluding hydrogens is 421 g/mol. The molecule has 2 aromatic rings. The van der Waals surface area contributed by atoms with Gasteiger partial charge in [0, 0.05) is 33.1 Å². The molecule has 0 radical (unpaired) electrons. The minimum absolute atomic E-state index is 0.0791. The van der Waals surface area contributed by atoms with Crippen LogP contribution in [-0.4, -0.2) is 27.9 Å². The summed E-state index contributed by atoms with van der Waals surface area (Å²) in [5.74, 6) is -2.29. The van der Waals surface area contributed by atoms with E-state index in [9.17, 15) is 14.7 Å². The summed E-state index contributed by atoms with van der Waals surface area (Å²) in [7, 11) is 0. The summed E-state index contributed by atoms with van der Waals surface area (Å²) < 4.78 is 0. The van der Waals surface area contributed by atoms with Crippen molar-refractivity contribution in [1.82, 2.24) is 4.90 Å². The van der Waals surface area contributed by atoms with Crippen LogP contribution in [-0.2, 0) is 15.2 Å². The van der Waals surface area contributed by atoms with E-state index in [1.807, 2.05) is 24.3 Å². The molecule has 1 aliphatic heterocycles. The topological polar surface area (TPSA) is 57.6 Å². The lowest BCUT2D eigenvalue weighted by Crippen LogP contribution is -2.54. The predicted octanol–water partition coefficient (Wildman–Crippen LogP) is 4.62. The van der Waals surface area contributed by atoms with Gasteiger partial charge in [-0.3, -0.25) is 14.5 Å². The molecule has 30 heavy (non-hydrogen) atoms. The van der Waals surface area contributed by atoms with Gasteiger partial charge < -0.3 is 5.11 Å². The van der Waals surface area contributed by atoms with E-state index in [-0.39, 0.29) is 23.8 Å². The molecule has 4 nitrogen and oxygen atoms in total. The van der Waals surface area contributed by atoms with Gasteiger partial charge in [-0.05, 0) is 36.1 Å². The van der Waals surface area contributed by atoms with Crippen molar-refractivity contribution < 1.29 is 14.7 Å². The van der Waals surface area contributed by atoms with Crippen molar-refractivity contribution in [2.24, 2.45) is 11.8 Å². The largest absolute Gasteiger partial charge is 0.379 e. The van der Waals surface area contributed by atoms with Gasteiger partial charge in [-0.2, -0.15) is 0 Å². The fourth-order valence-electron chi connectivity index (χ4n) is 6.58. The van der Waals surface area contributed by atoms with Crippen molar-refractivity contribution >= 4 is 35.0 Å². The van der Waals surface area contributed by atoms with E-state index < -0.39 is 17.4 Å². The lowest BCUT2D eigenvalue weighted by molar-refractivity contribution is -0.145. The predicted molar refractivity (Wildman–Crippen MR) is 113 cm³/mol. The van der Waals surface area contributed by atoms with Gasteiger partial charge in [-0.1, -0.05) is 66.7 Å². The number of halogens is 2. The minimum atomic E-state index is -1.71. The third-order valence-electron chi connectivity index (χ3n) is 7.66. The third-order valence-corrected chi connectivity index (χ3v) is 8.29. The Balaban J connectivity index is 1.62. The van der Waals surface area contributed by atoms with Crippen molar-refractivity contribution in [1.29, 1.82) is 0 Å². The summed E-state index contributed by atoms with van der Waals surface area (Å²) in [4.78, 5) is 28.9. The summed E-state index contributed by atoms with van der Waals surface area (Å²) in [6, 6.07) is 10.9. The van der Waals surface area contributed by atoms with E-state index in [1.165, 1.54) is 4.90 Å². The molecule has 7 rings (SSSR count). The number of nitrogens with zero attached hydrogens (tertiary/aromatic N) is 1. The summed E-state index contributed by atoms with van der Waals surface area (Å²) in [5, 5.41) is 13.1. The molecule has 0 aromatic heterocycles. The molecule has 2 aromatic carbocycles. The van der Waals surface area contributed by atoms with Gasteiger partial charge in [0.15, 0.2) is 0 Å². The van der Waals surface area contributed by atoms with Crippen molar-refractivity contribution in [3.05, 3.63) is 68.7 Å². The second-order valence-corrected chi connectivity index (χ2v) is 9.81. The van der Waals surface area contributed by atoms with Gasteiger partial charge >= 0.3 is 0 Å². The monoisotopic (exact) mass is 441 g/mol. The summed E-state index contributed by atoms with van der Waals surface area (Å²) in [6.07, 6.45) is 4.84. The molecule has 4 aliphatic carbocycles. The average Bonchev–Trinajstić information content (AvgIpc) is 3.00.